The summed E-state index contributed by atoms with van der Waals surface area (Å²) in [5.74, 6) is 0.739. The maximum Gasteiger partial charge on any atom is 0.306 e. The number of anilines is 2. The number of hydrogen-bond acceptors (Lipinski definition) is 7. The maximum absolute atomic E-state index is 11.8. The van der Waals surface area contributed by atoms with E-state index in [1.54, 1.807) is 24.2 Å². The number of carbonyl (C=O) groups is 1. The summed E-state index contributed by atoms with van der Waals surface area (Å²) >= 11 is 1.65. The molecule has 1 fully saturated rings. The molecule has 4 rings (SSSR count). The minimum Gasteiger partial charge on any atom is -0.469 e. The Balaban J connectivity index is 1.39. The van der Waals surface area contributed by atoms with Crippen LogP contribution >= 0.6 is 11.8 Å². The van der Waals surface area contributed by atoms with Crippen LogP contribution in [0, 0.1) is 5.41 Å². The minimum atomic E-state index is -0.0862. The average molecular weight is 399 g/mol. The quantitative estimate of drug-likeness (QED) is 0.645. The van der Waals surface area contributed by atoms with E-state index in [4.69, 9.17) is 4.74 Å². The Morgan fingerprint density at radius 2 is 2.07 bits per heavy atom. The van der Waals surface area contributed by atoms with Gasteiger partial charge in [-0.1, -0.05) is 24.8 Å². The largest absolute Gasteiger partial charge is 0.469 e. The first-order valence-corrected chi connectivity index (χ1v) is 10.6. The first kappa shape index (κ1) is 19.2. The standard InChI is InChI=1S/C21H26N4O2S/c1-3-21(13-18(26)27-2)6-10-25(11-7-21)14-15-4-5-17-16(12-15)24-19-20(28-17)23-9-8-22-19/h4-5,8-9,12H,3,6-7,10-11,13-14H2,1-2H3,(H,22,24). The van der Waals surface area contributed by atoms with E-state index in [9.17, 15) is 4.79 Å². The van der Waals surface area contributed by atoms with E-state index >= 15 is 0 Å². The number of likely N-dealkylation sites (tertiary alicyclic amines) is 1. The third kappa shape index (κ3) is 4.00. The molecule has 2 aromatic rings. The normalized spacial score (nSPS) is 17.9. The van der Waals surface area contributed by atoms with Crippen molar-refractivity contribution in [2.24, 2.45) is 5.41 Å². The molecule has 3 heterocycles. The second-order valence-electron chi connectivity index (χ2n) is 7.65. The lowest BCUT2D eigenvalue weighted by atomic mass is 9.73. The van der Waals surface area contributed by atoms with Crippen LogP contribution in [0.5, 0.6) is 0 Å². The number of rotatable bonds is 5. The van der Waals surface area contributed by atoms with Gasteiger partial charge in [-0.3, -0.25) is 9.69 Å². The highest BCUT2D eigenvalue weighted by molar-refractivity contribution is 7.99. The van der Waals surface area contributed by atoms with Crippen LogP contribution < -0.4 is 5.32 Å². The Kier molecular flexibility index (Phi) is 5.55. The summed E-state index contributed by atoms with van der Waals surface area (Å²) in [5, 5.41) is 4.32. The van der Waals surface area contributed by atoms with Crippen LogP contribution in [0.3, 0.4) is 0 Å². The van der Waals surface area contributed by atoms with Gasteiger partial charge in [-0.05, 0) is 55.5 Å². The van der Waals surface area contributed by atoms with Crippen molar-refractivity contribution in [3.05, 3.63) is 36.2 Å². The number of fused-ring (bicyclic) bond motifs is 2. The van der Waals surface area contributed by atoms with E-state index < -0.39 is 0 Å². The zero-order valence-corrected chi connectivity index (χ0v) is 17.2. The summed E-state index contributed by atoms with van der Waals surface area (Å²) < 4.78 is 4.91. The monoisotopic (exact) mass is 398 g/mol. The van der Waals surface area contributed by atoms with E-state index in [0.29, 0.717) is 6.42 Å². The zero-order chi connectivity index (χ0) is 19.6. The first-order valence-electron chi connectivity index (χ1n) is 9.79. The number of ether oxygens (including phenoxy) is 1. The van der Waals surface area contributed by atoms with E-state index in [2.05, 4.69) is 45.3 Å². The fourth-order valence-electron chi connectivity index (χ4n) is 4.06. The highest BCUT2D eigenvalue weighted by Gasteiger charge is 2.35. The smallest absolute Gasteiger partial charge is 0.306 e. The van der Waals surface area contributed by atoms with Gasteiger partial charge in [0.05, 0.1) is 19.2 Å². The molecule has 1 N–H and O–H groups in total. The van der Waals surface area contributed by atoms with Crippen LogP contribution in [-0.2, 0) is 16.1 Å². The molecule has 148 valence electrons. The van der Waals surface area contributed by atoms with Crippen LogP contribution in [0.1, 0.15) is 38.2 Å². The molecule has 2 aliphatic heterocycles. The predicted molar refractivity (Wildman–Crippen MR) is 110 cm³/mol. The van der Waals surface area contributed by atoms with Crippen LogP contribution in [0.15, 0.2) is 40.5 Å². The van der Waals surface area contributed by atoms with Gasteiger partial charge in [0.25, 0.3) is 0 Å². The molecule has 7 heteroatoms. The van der Waals surface area contributed by atoms with Crippen LogP contribution in [0.25, 0.3) is 0 Å². The third-order valence-electron chi connectivity index (χ3n) is 5.99. The molecule has 0 spiro atoms. The molecule has 1 aromatic heterocycles. The van der Waals surface area contributed by atoms with Gasteiger partial charge in [0.2, 0.25) is 0 Å². The number of nitrogens with zero attached hydrogens (tertiary/aromatic N) is 3. The van der Waals surface area contributed by atoms with E-state index in [-0.39, 0.29) is 11.4 Å². The highest BCUT2D eigenvalue weighted by atomic mass is 32.2. The first-order chi connectivity index (χ1) is 13.6. The number of hydrogen-bond donors (Lipinski definition) is 1. The molecule has 0 unspecified atom stereocenters. The Labute approximate surface area is 170 Å². The number of carbonyl (C=O) groups excluding carboxylic acids is 1. The van der Waals surface area contributed by atoms with Gasteiger partial charge in [-0.2, -0.15) is 0 Å². The van der Waals surface area contributed by atoms with E-state index in [1.165, 1.54) is 17.6 Å². The Morgan fingerprint density at radius 3 is 2.82 bits per heavy atom. The molecule has 0 amide bonds. The topological polar surface area (TPSA) is 67.3 Å². The highest BCUT2D eigenvalue weighted by Crippen LogP contribution is 2.42. The van der Waals surface area contributed by atoms with Crippen LogP contribution in [0.4, 0.5) is 11.5 Å². The molecule has 0 atom stereocenters. The van der Waals surface area contributed by atoms with Crippen molar-refractivity contribution in [1.29, 1.82) is 0 Å². The molecule has 1 aromatic carbocycles. The van der Waals surface area contributed by atoms with Gasteiger partial charge in [-0.25, -0.2) is 9.97 Å². The maximum atomic E-state index is 11.8. The summed E-state index contributed by atoms with van der Waals surface area (Å²) in [4.78, 5) is 24.2. The molecule has 0 saturated carbocycles. The molecule has 1 saturated heterocycles. The summed E-state index contributed by atoms with van der Waals surface area (Å²) in [6.45, 7) is 5.13. The van der Waals surface area contributed by atoms with Crippen molar-refractivity contribution in [2.45, 2.75) is 49.1 Å². The summed E-state index contributed by atoms with van der Waals surface area (Å²) in [7, 11) is 1.48. The number of aromatic nitrogens is 2. The molecule has 6 nitrogen and oxygen atoms in total. The van der Waals surface area contributed by atoms with Gasteiger partial charge in [0.1, 0.15) is 5.03 Å². The Bertz CT molecular complexity index is 865. The predicted octanol–water partition coefficient (Wildman–Crippen LogP) is 4.24. The lowest BCUT2D eigenvalue weighted by molar-refractivity contribution is -0.144. The van der Waals surface area contributed by atoms with Crippen molar-refractivity contribution in [3.8, 4) is 0 Å². The fourth-order valence-corrected chi connectivity index (χ4v) is 4.94. The van der Waals surface area contributed by atoms with Gasteiger partial charge in [0, 0.05) is 23.8 Å². The Hall–Kier alpha value is -2.12. The molecule has 0 aliphatic carbocycles. The molecule has 2 aliphatic rings. The van der Waals surface area contributed by atoms with Gasteiger partial charge >= 0.3 is 5.97 Å². The molecule has 0 bridgehead atoms. The van der Waals surface area contributed by atoms with Crippen LogP contribution in [-0.4, -0.2) is 41.0 Å². The number of benzene rings is 1. The number of methoxy groups -OCH3 is 1. The van der Waals surface area contributed by atoms with Crippen molar-refractivity contribution < 1.29 is 9.53 Å². The molecular weight excluding hydrogens is 372 g/mol. The van der Waals surface area contributed by atoms with Crippen molar-refractivity contribution in [1.82, 2.24) is 14.9 Å². The van der Waals surface area contributed by atoms with Crippen molar-refractivity contribution in [3.63, 3.8) is 0 Å². The van der Waals surface area contributed by atoms with Gasteiger partial charge in [0.15, 0.2) is 5.82 Å². The molecular formula is C21H26N4O2S. The lowest BCUT2D eigenvalue weighted by Gasteiger charge is -2.41. The summed E-state index contributed by atoms with van der Waals surface area (Å²) in [6.07, 6.45) is 7.08. The molecule has 28 heavy (non-hydrogen) atoms. The van der Waals surface area contributed by atoms with Gasteiger partial charge < -0.3 is 10.1 Å². The van der Waals surface area contributed by atoms with Gasteiger partial charge in [-0.15, -0.1) is 0 Å². The summed E-state index contributed by atoms with van der Waals surface area (Å²) in [5.41, 5.74) is 2.48. The number of piperidine rings is 1. The van der Waals surface area contributed by atoms with Crippen molar-refractivity contribution in [2.75, 3.05) is 25.5 Å². The average Bonchev–Trinajstić information content (AvgIpc) is 2.73. The summed E-state index contributed by atoms with van der Waals surface area (Å²) in [6, 6.07) is 6.58. The zero-order valence-electron chi connectivity index (χ0n) is 16.4. The van der Waals surface area contributed by atoms with E-state index in [1.807, 2.05) is 0 Å². The molecule has 0 radical (unpaired) electrons. The Morgan fingerprint density at radius 1 is 1.29 bits per heavy atom. The van der Waals surface area contributed by atoms with Crippen molar-refractivity contribution >= 4 is 29.2 Å². The fraction of sp³-hybridized carbons (Fsp3) is 0.476. The number of esters is 1. The lowest BCUT2D eigenvalue weighted by Crippen LogP contribution is -2.40. The van der Waals surface area contributed by atoms with Crippen LogP contribution in [0.2, 0.25) is 0 Å². The second kappa shape index (κ2) is 8.09. The number of nitrogens with one attached hydrogen (secondary N) is 1. The van der Waals surface area contributed by atoms with E-state index in [0.717, 1.165) is 55.4 Å². The third-order valence-corrected chi connectivity index (χ3v) is 7.06. The minimum absolute atomic E-state index is 0.0862. The SMILES string of the molecule is CCC1(CC(=O)OC)CCN(Cc2ccc3c(c2)Nc2nccnc2S3)CC1. The second-order valence-corrected chi connectivity index (χ2v) is 8.68.